The maximum absolute atomic E-state index is 2.34. The Kier molecular flexibility index (Phi) is 3.48. The monoisotopic (exact) mass is 428 g/mol. The molecule has 0 spiro atoms. The smallest absolute Gasteiger partial charge is 0.000786 e. The summed E-state index contributed by atoms with van der Waals surface area (Å²) in [6.07, 6.45) is 0. The van der Waals surface area contributed by atoms with Gasteiger partial charge in [-0.3, -0.25) is 0 Å². The molecule has 0 heterocycles. The lowest BCUT2D eigenvalue weighted by Crippen LogP contribution is -1.88. The second-order valence-electron chi connectivity index (χ2n) is 9.29. The third-order valence-electron chi connectivity index (χ3n) is 7.59. The molecular weight excluding hydrogens is 408 g/mol. The van der Waals surface area contributed by atoms with Crippen molar-refractivity contribution in [2.24, 2.45) is 0 Å². The molecule has 0 saturated heterocycles. The Morgan fingerprint density at radius 1 is 0.265 bits per heavy atom. The summed E-state index contributed by atoms with van der Waals surface area (Å²) in [4.78, 5) is 0. The van der Waals surface area contributed by atoms with Gasteiger partial charge in [-0.15, -0.1) is 0 Å². The Hall–Kier alpha value is -4.42. The van der Waals surface area contributed by atoms with Crippen LogP contribution in [0.2, 0.25) is 0 Å². The highest BCUT2D eigenvalue weighted by Crippen LogP contribution is 2.54. The fraction of sp³-hybridized carbons (Fsp3) is 0. The van der Waals surface area contributed by atoms with E-state index in [9.17, 15) is 0 Å². The first-order chi connectivity index (χ1) is 16.9. The van der Waals surface area contributed by atoms with Gasteiger partial charge < -0.3 is 0 Å². The summed E-state index contributed by atoms with van der Waals surface area (Å²) in [5, 5.41) is 10.5. The predicted octanol–water partition coefficient (Wildman–Crippen LogP) is 9.61. The summed E-state index contributed by atoms with van der Waals surface area (Å²) < 4.78 is 0. The molecule has 8 rings (SSSR count). The van der Waals surface area contributed by atoms with E-state index < -0.39 is 0 Å². The lowest BCUT2D eigenvalue weighted by atomic mass is 9.88. The third kappa shape index (κ3) is 2.27. The minimum absolute atomic E-state index is 1.29. The van der Waals surface area contributed by atoms with Crippen LogP contribution in [-0.4, -0.2) is 0 Å². The van der Waals surface area contributed by atoms with Gasteiger partial charge in [0.05, 0.1) is 0 Å². The van der Waals surface area contributed by atoms with Gasteiger partial charge >= 0.3 is 0 Å². The molecule has 34 heavy (non-hydrogen) atoms. The molecule has 0 aromatic heterocycles. The summed E-state index contributed by atoms with van der Waals surface area (Å²) in [6, 6.07) is 44.7. The van der Waals surface area contributed by atoms with E-state index in [2.05, 4.69) is 121 Å². The van der Waals surface area contributed by atoms with E-state index in [-0.39, 0.29) is 0 Å². The minimum atomic E-state index is 1.29. The largest absolute Gasteiger partial charge is 0.0616 e. The summed E-state index contributed by atoms with van der Waals surface area (Å²) in [6.45, 7) is 0. The molecule has 1 aliphatic carbocycles. The maximum atomic E-state index is 2.34. The fourth-order valence-electron chi connectivity index (χ4n) is 6.13. The number of fused-ring (bicyclic) bond motifs is 8. The van der Waals surface area contributed by atoms with Crippen LogP contribution in [0.4, 0.5) is 0 Å². The van der Waals surface area contributed by atoms with Crippen LogP contribution in [0.25, 0.3) is 76.5 Å². The molecule has 1 aliphatic rings. The lowest BCUT2D eigenvalue weighted by molar-refractivity contribution is 1.69. The van der Waals surface area contributed by atoms with Crippen molar-refractivity contribution in [1.82, 2.24) is 0 Å². The zero-order chi connectivity index (χ0) is 22.2. The molecule has 0 atom stereocenters. The standard InChI is InChI=1S/C34H20/c1-3-10-24-21(7-1)15-18-28-26(24)12-6-13-27(28)30-20-17-23-9-5-14-29-31-19-16-22-8-2-4-11-25(22)33(31)34(30)32(23)29/h1-20H. The summed E-state index contributed by atoms with van der Waals surface area (Å²) >= 11 is 0. The Morgan fingerprint density at radius 3 is 1.74 bits per heavy atom. The van der Waals surface area contributed by atoms with E-state index in [1.165, 1.54) is 76.5 Å². The topological polar surface area (TPSA) is 0 Å². The Bertz CT molecular complexity index is 1960. The lowest BCUT2D eigenvalue weighted by Gasteiger charge is -2.15. The highest BCUT2D eigenvalue weighted by atomic mass is 14.3. The first-order valence-corrected chi connectivity index (χ1v) is 11.9. The number of rotatable bonds is 1. The van der Waals surface area contributed by atoms with Crippen LogP contribution in [0, 0.1) is 0 Å². The van der Waals surface area contributed by atoms with Gasteiger partial charge in [0, 0.05) is 0 Å². The third-order valence-corrected chi connectivity index (χ3v) is 7.59. The van der Waals surface area contributed by atoms with Crippen LogP contribution in [0.3, 0.4) is 0 Å². The van der Waals surface area contributed by atoms with E-state index in [1.54, 1.807) is 0 Å². The fourth-order valence-corrected chi connectivity index (χ4v) is 6.13. The van der Waals surface area contributed by atoms with Crippen molar-refractivity contribution in [3.63, 3.8) is 0 Å². The van der Waals surface area contributed by atoms with Gasteiger partial charge in [-0.1, -0.05) is 121 Å². The van der Waals surface area contributed by atoms with Crippen LogP contribution in [0.1, 0.15) is 0 Å². The van der Waals surface area contributed by atoms with Crippen LogP contribution >= 0.6 is 0 Å². The molecule has 0 heteroatoms. The molecule has 0 saturated carbocycles. The van der Waals surface area contributed by atoms with Gasteiger partial charge in [0.15, 0.2) is 0 Å². The van der Waals surface area contributed by atoms with Crippen LogP contribution < -0.4 is 0 Å². The molecule has 0 nitrogen and oxygen atoms in total. The number of hydrogen-bond donors (Lipinski definition) is 0. The normalized spacial score (nSPS) is 12.1. The molecule has 0 radical (unpaired) electrons. The van der Waals surface area contributed by atoms with Crippen LogP contribution in [-0.2, 0) is 0 Å². The average Bonchev–Trinajstić information content (AvgIpc) is 3.25. The van der Waals surface area contributed by atoms with Gasteiger partial charge in [-0.2, -0.15) is 0 Å². The SMILES string of the molecule is c1ccc2c3c(ccc2c1)-c1cccc2ccc(-c4cccc5c4ccc4ccccc45)c-3c12. The molecule has 156 valence electrons. The van der Waals surface area contributed by atoms with E-state index in [0.29, 0.717) is 0 Å². The minimum Gasteiger partial charge on any atom is -0.0616 e. The van der Waals surface area contributed by atoms with Crippen molar-refractivity contribution >= 4 is 43.1 Å². The van der Waals surface area contributed by atoms with Crippen molar-refractivity contribution in [1.29, 1.82) is 0 Å². The summed E-state index contributed by atoms with van der Waals surface area (Å²) in [7, 11) is 0. The van der Waals surface area contributed by atoms with Gasteiger partial charge in [0.2, 0.25) is 0 Å². The molecule has 0 fully saturated rings. The average molecular weight is 429 g/mol. The molecular formula is C34H20. The molecule has 0 unspecified atom stereocenters. The van der Waals surface area contributed by atoms with Crippen molar-refractivity contribution < 1.29 is 0 Å². The van der Waals surface area contributed by atoms with Crippen LogP contribution in [0.15, 0.2) is 121 Å². The summed E-state index contributed by atoms with van der Waals surface area (Å²) in [5.74, 6) is 0. The zero-order valence-corrected chi connectivity index (χ0v) is 18.5. The molecule has 0 N–H and O–H groups in total. The van der Waals surface area contributed by atoms with Gasteiger partial charge in [-0.05, 0) is 76.5 Å². The van der Waals surface area contributed by atoms with E-state index in [4.69, 9.17) is 0 Å². The van der Waals surface area contributed by atoms with Crippen molar-refractivity contribution in [2.45, 2.75) is 0 Å². The predicted molar refractivity (Wildman–Crippen MR) is 146 cm³/mol. The molecule has 0 aliphatic heterocycles. The van der Waals surface area contributed by atoms with Gasteiger partial charge in [0.25, 0.3) is 0 Å². The molecule has 0 bridgehead atoms. The van der Waals surface area contributed by atoms with Crippen molar-refractivity contribution in [3.8, 4) is 33.4 Å². The van der Waals surface area contributed by atoms with Crippen LogP contribution in [0.5, 0.6) is 0 Å². The van der Waals surface area contributed by atoms with Gasteiger partial charge in [-0.25, -0.2) is 0 Å². The Balaban J connectivity index is 1.55. The maximum Gasteiger partial charge on any atom is -0.000786 e. The van der Waals surface area contributed by atoms with E-state index >= 15 is 0 Å². The van der Waals surface area contributed by atoms with Gasteiger partial charge in [0.1, 0.15) is 0 Å². The summed E-state index contributed by atoms with van der Waals surface area (Å²) in [5.41, 5.74) is 8.06. The molecule has 0 amide bonds. The Morgan fingerprint density at radius 2 is 0.853 bits per heavy atom. The number of benzene rings is 7. The second kappa shape index (κ2) is 6.56. The molecule has 7 aromatic rings. The highest BCUT2D eigenvalue weighted by molar-refractivity contribution is 6.25. The van der Waals surface area contributed by atoms with E-state index in [1.807, 2.05) is 0 Å². The quantitative estimate of drug-likeness (QED) is 0.228. The second-order valence-corrected chi connectivity index (χ2v) is 9.29. The van der Waals surface area contributed by atoms with Crippen molar-refractivity contribution in [3.05, 3.63) is 121 Å². The zero-order valence-electron chi connectivity index (χ0n) is 18.5. The highest BCUT2D eigenvalue weighted by Gasteiger charge is 2.26. The first-order valence-electron chi connectivity index (χ1n) is 11.9. The van der Waals surface area contributed by atoms with Crippen molar-refractivity contribution in [2.75, 3.05) is 0 Å². The Labute approximate surface area is 197 Å². The first kappa shape index (κ1) is 18.1. The van der Waals surface area contributed by atoms with E-state index in [0.717, 1.165) is 0 Å². The number of hydrogen-bond acceptors (Lipinski definition) is 0. The molecule has 7 aromatic carbocycles.